The standard InChI is InChI=1S/C33H32N2O4S/c36-33(39-21-31-29-9-3-1-7-27(29)28-8-2-4-10-30(28)31)34-32-11-5-6-24-18-25(16-17-26(24)32)40(37,38)35-19-22-12-13-23(20-35)15-14-22/h1-11,16-18,22-23,31H,12-15,19-21H2,(H,34,36). The third kappa shape index (κ3) is 4.47. The molecular formula is C33H32N2O4S. The zero-order chi connectivity index (χ0) is 27.3. The average Bonchev–Trinajstić information content (AvgIpc) is 3.10. The van der Waals surface area contributed by atoms with Gasteiger partial charge in [-0.15, -0.1) is 0 Å². The van der Waals surface area contributed by atoms with Gasteiger partial charge < -0.3 is 4.74 Å². The van der Waals surface area contributed by atoms with E-state index in [-0.39, 0.29) is 12.5 Å². The smallest absolute Gasteiger partial charge is 0.411 e. The molecule has 4 aliphatic rings. The molecule has 6 nitrogen and oxygen atoms in total. The van der Waals surface area contributed by atoms with Crippen LogP contribution in [0, 0.1) is 11.8 Å². The molecule has 0 radical (unpaired) electrons. The molecule has 0 atom stereocenters. The number of carbonyl (C=O) groups is 1. The molecule has 40 heavy (non-hydrogen) atoms. The second-order valence-corrected chi connectivity index (χ2v) is 13.3. The van der Waals surface area contributed by atoms with E-state index in [4.69, 9.17) is 4.74 Å². The number of sulfonamides is 1. The van der Waals surface area contributed by atoms with Crippen molar-refractivity contribution in [1.29, 1.82) is 0 Å². The fraction of sp³-hybridized carbons (Fsp3) is 0.303. The second-order valence-electron chi connectivity index (χ2n) is 11.3. The summed E-state index contributed by atoms with van der Waals surface area (Å²) >= 11 is 0. The number of ether oxygens (including phenoxy) is 1. The number of carbonyl (C=O) groups excluding carboxylic acids is 1. The van der Waals surface area contributed by atoms with E-state index in [1.54, 1.807) is 22.5 Å². The van der Waals surface area contributed by atoms with E-state index in [1.807, 2.05) is 42.5 Å². The lowest BCUT2D eigenvalue weighted by molar-refractivity contribution is 0.158. The van der Waals surface area contributed by atoms with Crippen LogP contribution in [0.25, 0.3) is 21.9 Å². The Morgan fingerprint density at radius 1 is 0.800 bits per heavy atom. The predicted octanol–water partition coefficient (Wildman–Crippen LogP) is 7.01. The number of benzene rings is 4. The monoisotopic (exact) mass is 552 g/mol. The summed E-state index contributed by atoms with van der Waals surface area (Å²) in [6.45, 7) is 1.45. The lowest BCUT2D eigenvalue weighted by Gasteiger charge is -2.22. The van der Waals surface area contributed by atoms with Crippen LogP contribution in [-0.4, -0.2) is 38.5 Å². The quantitative estimate of drug-likeness (QED) is 0.289. The van der Waals surface area contributed by atoms with E-state index in [1.165, 1.54) is 11.1 Å². The zero-order valence-electron chi connectivity index (χ0n) is 22.3. The second kappa shape index (κ2) is 10.1. The van der Waals surface area contributed by atoms with Crippen molar-refractivity contribution in [1.82, 2.24) is 4.31 Å². The van der Waals surface area contributed by atoms with Crippen molar-refractivity contribution < 1.29 is 17.9 Å². The van der Waals surface area contributed by atoms with Crippen LogP contribution >= 0.6 is 0 Å². The minimum atomic E-state index is -3.58. The van der Waals surface area contributed by atoms with Gasteiger partial charge in [0.2, 0.25) is 10.0 Å². The maximum absolute atomic E-state index is 13.6. The van der Waals surface area contributed by atoms with Crippen LogP contribution in [0.3, 0.4) is 0 Å². The molecule has 1 amide bonds. The van der Waals surface area contributed by atoms with Crippen LogP contribution in [0.1, 0.15) is 42.7 Å². The fourth-order valence-corrected chi connectivity index (χ4v) is 8.50. The van der Waals surface area contributed by atoms with Gasteiger partial charge in [-0.05, 0) is 83.4 Å². The SMILES string of the molecule is O=C(Nc1cccc2cc(S(=O)(=O)N3CC4CCC(CC4)C3)ccc12)OCC1c2ccccc2-c2ccccc21. The minimum Gasteiger partial charge on any atom is -0.448 e. The summed E-state index contributed by atoms with van der Waals surface area (Å²) in [7, 11) is -3.58. The molecule has 8 rings (SSSR count). The number of amides is 1. The lowest BCUT2D eigenvalue weighted by Crippen LogP contribution is -2.34. The third-order valence-corrected chi connectivity index (χ3v) is 10.8. The highest BCUT2D eigenvalue weighted by molar-refractivity contribution is 7.89. The van der Waals surface area contributed by atoms with Crippen molar-refractivity contribution in [3.8, 4) is 11.1 Å². The molecular weight excluding hydrogens is 520 g/mol. The first-order valence-electron chi connectivity index (χ1n) is 14.1. The summed E-state index contributed by atoms with van der Waals surface area (Å²) in [5, 5.41) is 4.41. The number of hydrogen-bond donors (Lipinski definition) is 1. The molecule has 4 aromatic carbocycles. The van der Waals surface area contributed by atoms with Gasteiger partial charge in [-0.25, -0.2) is 13.2 Å². The average molecular weight is 553 g/mol. The van der Waals surface area contributed by atoms with E-state index in [9.17, 15) is 13.2 Å². The molecule has 2 saturated heterocycles. The molecule has 204 valence electrons. The first-order chi connectivity index (χ1) is 19.5. The molecule has 0 unspecified atom stereocenters. The number of hydrogen-bond acceptors (Lipinski definition) is 4. The van der Waals surface area contributed by atoms with Gasteiger partial charge in [-0.1, -0.05) is 66.7 Å². The van der Waals surface area contributed by atoms with E-state index < -0.39 is 16.1 Å². The third-order valence-electron chi connectivity index (χ3n) is 8.96. The Morgan fingerprint density at radius 2 is 1.43 bits per heavy atom. The van der Waals surface area contributed by atoms with Gasteiger partial charge in [0.1, 0.15) is 6.61 Å². The van der Waals surface area contributed by atoms with Crippen molar-refractivity contribution >= 4 is 32.6 Å². The first-order valence-corrected chi connectivity index (χ1v) is 15.6. The number of nitrogens with zero attached hydrogens (tertiary/aromatic N) is 1. The molecule has 4 aromatic rings. The van der Waals surface area contributed by atoms with E-state index in [0.717, 1.165) is 47.6 Å². The molecule has 2 heterocycles. The molecule has 2 bridgehead atoms. The van der Waals surface area contributed by atoms with E-state index in [2.05, 4.69) is 29.6 Å². The largest absolute Gasteiger partial charge is 0.448 e. The fourth-order valence-electron chi connectivity index (χ4n) is 6.87. The maximum Gasteiger partial charge on any atom is 0.411 e. The van der Waals surface area contributed by atoms with Crippen LogP contribution in [0.5, 0.6) is 0 Å². The number of rotatable bonds is 5. The van der Waals surface area contributed by atoms with Gasteiger partial charge in [-0.3, -0.25) is 5.32 Å². The predicted molar refractivity (Wildman–Crippen MR) is 157 cm³/mol. The van der Waals surface area contributed by atoms with E-state index >= 15 is 0 Å². The topological polar surface area (TPSA) is 75.7 Å². The molecule has 1 saturated carbocycles. The summed E-state index contributed by atoms with van der Waals surface area (Å²) in [6, 6.07) is 27.2. The van der Waals surface area contributed by atoms with Crippen LogP contribution in [0.4, 0.5) is 10.5 Å². The maximum atomic E-state index is 13.6. The summed E-state index contributed by atoms with van der Waals surface area (Å²) < 4.78 is 34.6. The Kier molecular flexibility index (Phi) is 6.36. The van der Waals surface area contributed by atoms with Crippen LogP contribution in [0.2, 0.25) is 0 Å². The summed E-state index contributed by atoms with van der Waals surface area (Å²) in [6.07, 6.45) is 3.96. The van der Waals surface area contributed by atoms with Crippen molar-refractivity contribution in [2.24, 2.45) is 11.8 Å². The Balaban J connectivity index is 1.08. The normalized spacial score (nSPS) is 20.6. The molecule has 2 aliphatic heterocycles. The van der Waals surface area contributed by atoms with Gasteiger partial charge in [0.25, 0.3) is 0 Å². The highest BCUT2D eigenvalue weighted by atomic mass is 32.2. The highest BCUT2D eigenvalue weighted by Crippen LogP contribution is 2.44. The van der Waals surface area contributed by atoms with Gasteiger partial charge in [0.05, 0.1) is 10.6 Å². The molecule has 7 heteroatoms. The minimum absolute atomic E-state index is 0.0207. The van der Waals surface area contributed by atoms with Gasteiger partial charge in [-0.2, -0.15) is 4.31 Å². The summed E-state index contributed by atoms with van der Waals surface area (Å²) in [5.41, 5.74) is 5.27. The Bertz CT molecular complexity index is 1650. The summed E-state index contributed by atoms with van der Waals surface area (Å²) in [4.78, 5) is 13.2. The van der Waals surface area contributed by atoms with Crippen LogP contribution in [-0.2, 0) is 14.8 Å². The van der Waals surface area contributed by atoms with Crippen molar-refractivity contribution in [2.75, 3.05) is 25.0 Å². The molecule has 0 spiro atoms. The number of anilines is 1. The molecule has 0 aromatic heterocycles. The lowest BCUT2D eigenvalue weighted by atomic mass is 9.84. The zero-order valence-corrected chi connectivity index (χ0v) is 23.1. The Morgan fingerprint density at radius 3 is 2.08 bits per heavy atom. The molecule has 2 aliphatic carbocycles. The van der Waals surface area contributed by atoms with Crippen LogP contribution < -0.4 is 5.32 Å². The first kappa shape index (κ1) is 25.3. The number of fused-ring (bicyclic) bond motifs is 8. The van der Waals surface area contributed by atoms with Crippen molar-refractivity contribution in [3.05, 3.63) is 96.1 Å². The molecule has 1 N–H and O–H groups in total. The van der Waals surface area contributed by atoms with Gasteiger partial charge >= 0.3 is 6.09 Å². The van der Waals surface area contributed by atoms with Gasteiger partial charge in [0, 0.05) is 24.4 Å². The molecule has 3 fully saturated rings. The van der Waals surface area contributed by atoms with Gasteiger partial charge in [0.15, 0.2) is 0 Å². The van der Waals surface area contributed by atoms with E-state index in [0.29, 0.717) is 35.5 Å². The Labute approximate surface area is 235 Å². The number of nitrogens with one attached hydrogen (secondary N) is 1. The van der Waals surface area contributed by atoms with Crippen molar-refractivity contribution in [3.63, 3.8) is 0 Å². The highest BCUT2D eigenvalue weighted by Gasteiger charge is 2.36. The van der Waals surface area contributed by atoms with Crippen LogP contribution in [0.15, 0.2) is 89.8 Å². The summed E-state index contributed by atoms with van der Waals surface area (Å²) in [5.74, 6) is 0.900. The Hall–Kier alpha value is -3.68. The van der Waals surface area contributed by atoms with Crippen molar-refractivity contribution in [2.45, 2.75) is 36.5 Å².